The van der Waals surface area contributed by atoms with Crippen LogP contribution in [0.4, 0.5) is 0 Å². The minimum absolute atomic E-state index is 0.0571. The van der Waals surface area contributed by atoms with E-state index >= 15 is 0 Å². The number of amides is 1. The minimum Gasteiger partial charge on any atom is -0.508 e. The second-order valence-corrected chi connectivity index (χ2v) is 5.60. The first-order valence-corrected chi connectivity index (χ1v) is 7.68. The average molecular weight is 302 g/mol. The van der Waals surface area contributed by atoms with Gasteiger partial charge in [-0.2, -0.15) is 0 Å². The molecule has 0 bridgehead atoms. The van der Waals surface area contributed by atoms with Crippen LogP contribution in [0.3, 0.4) is 0 Å². The smallest absolute Gasteiger partial charge is 0.272 e. The van der Waals surface area contributed by atoms with Crippen LogP contribution in [0, 0.1) is 0 Å². The third kappa shape index (κ3) is 3.98. The van der Waals surface area contributed by atoms with E-state index in [9.17, 15) is 9.90 Å². The van der Waals surface area contributed by atoms with Gasteiger partial charge in [0.05, 0.1) is 0 Å². The van der Waals surface area contributed by atoms with Crippen molar-refractivity contribution in [2.75, 3.05) is 13.1 Å². The van der Waals surface area contributed by atoms with Gasteiger partial charge >= 0.3 is 0 Å². The maximum Gasteiger partial charge on any atom is 0.272 e. The second kappa shape index (κ2) is 7.13. The number of benzene rings is 1. The van der Waals surface area contributed by atoms with E-state index in [1.165, 1.54) is 11.8 Å². The van der Waals surface area contributed by atoms with Gasteiger partial charge in [0.2, 0.25) is 0 Å². The molecular weight excluding hydrogens is 284 g/mol. The van der Waals surface area contributed by atoms with Gasteiger partial charge < -0.3 is 10.0 Å². The fourth-order valence-corrected chi connectivity index (χ4v) is 2.85. The Morgan fingerprint density at radius 1 is 1.19 bits per heavy atom. The van der Waals surface area contributed by atoms with Crippen molar-refractivity contribution < 1.29 is 9.90 Å². The van der Waals surface area contributed by atoms with Gasteiger partial charge in [-0.3, -0.25) is 9.78 Å². The van der Waals surface area contributed by atoms with Crippen molar-refractivity contribution in [2.24, 2.45) is 0 Å². The van der Waals surface area contributed by atoms with Crippen LogP contribution in [0.2, 0.25) is 0 Å². The molecule has 0 aliphatic heterocycles. The summed E-state index contributed by atoms with van der Waals surface area (Å²) in [6.45, 7) is 5.24. The van der Waals surface area contributed by atoms with E-state index in [0.29, 0.717) is 18.8 Å². The predicted octanol–water partition coefficient (Wildman–Crippen LogP) is 3.42. The number of rotatable bonds is 5. The number of phenols is 1. The lowest BCUT2D eigenvalue weighted by Gasteiger charge is -2.18. The summed E-state index contributed by atoms with van der Waals surface area (Å²) in [7, 11) is 0. The molecule has 0 fully saturated rings. The number of hydrogen-bond donors (Lipinski definition) is 1. The van der Waals surface area contributed by atoms with E-state index in [2.05, 4.69) is 4.98 Å². The van der Waals surface area contributed by atoms with Crippen LogP contribution in [0.15, 0.2) is 52.4 Å². The highest BCUT2D eigenvalue weighted by molar-refractivity contribution is 7.99. The lowest BCUT2D eigenvalue weighted by Crippen LogP contribution is -2.31. The van der Waals surface area contributed by atoms with Gasteiger partial charge in [0, 0.05) is 29.1 Å². The quantitative estimate of drug-likeness (QED) is 0.919. The third-order valence-corrected chi connectivity index (χ3v) is 4.03. The van der Waals surface area contributed by atoms with Crippen molar-refractivity contribution in [2.45, 2.75) is 23.6 Å². The molecule has 0 atom stereocenters. The summed E-state index contributed by atoms with van der Waals surface area (Å²) in [5.41, 5.74) is 0.448. The van der Waals surface area contributed by atoms with Gasteiger partial charge in [-0.25, -0.2) is 0 Å². The number of carbonyl (C=O) groups is 1. The molecule has 110 valence electrons. The average Bonchev–Trinajstić information content (AvgIpc) is 2.48. The molecule has 0 unspecified atom stereocenters. The van der Waals surface area contributed by atoms with Crippen LogP contribution in [0.1, 0.15) is 24.3 Å². The minimum atomic E-state index is -0.0571. The normalized spacial score (nSPS) is 10.4. The van der Waals surface area contributed by atoms with Crippen LogP contribution in [-0.2, 0) is 0 Å². The summed E-state index contributed by atoms with van der Waals surface area (Å²) in [6, 6.07) is 10.7. The van der Waals surface area contributed by atoms with E-state index in [-0.39, 0.29) is 11.7 Å². The van der Waals surface area contributed by atoms with Crippen molar-refractivity contribution in [1.82, 2.24) is 9.88 Å². The van der Waals surface area contributed by atoms with Crippen LogP contribution in [0.25, 0.3) is 0 Å². The second-order valence-electron chi connectivity index (χ2n) is 4.45. The van der Waals surface area contributed by atoms with Gasteiger partial charge in [-0.1, -0.05) is 17.8 Å². The predicted molar refractivity (Wildman–Crippen MR) is 83.7 cm³/mol. The Balaban J connectivity index is 2.20. The van der Waals surface area contributed by atoms with E-state index in [1.54, 1.807) is 35.4 Å². The van der Waals surface area contributed by atoms with Gasteiger partial charge in [0.1, 0.15) is 11.4 Å². The zero-order chi connectivity index (χ0) is 15.2. The maximum atomic E-state index is 12.3. The summed E-state index contributed by atoms with van der Waals surface area (Å²) in [6.07, 6.45) is 1.64. The van der Waals surface area contributed by atoms with Gasteiger partial charge in [-0.15, -0.1) is 0 Å². The molecule has 5 heteroatoms. The van der Waals surface area contributed by atoms with Gasteiger partial charge in [0.25, 0.3) is 5.91 Å². The summed E-state index contributed by atoms with van der Waals surface area (Å²) in [5, 5.41) is 9.48. The van der Waals surface area contributed by atoms with E-state index in [0.717, 1.165) is 9.79 Å². The highest BCUT2D eigenvalue weighted by atomic mass is 32.2. The molecule has 1 aromatic carbocycles. The van der Waals surface area contributed by atoms with E-state index < -0.39 is 0 Å². The van der Waals surface area contributed by atoms with Crippen molar-refractivity contribution in [3.8, 4) is 5.75 Å². The summed E-state index contributed by atoms with van der Waals surface area (Å²) in [4.78, 5) is 20.0. The van der Waals surface area contributed by atoms with E-state index in [1.807, 2.05) is 26.0 Å². The molecular formula is C16H18N2O2S. The van der Waals surface area contributed by atoms with Crippen LogP contribution < -0.4 is 0 Å². The van der Waals surface area contributed by atoms with Crippen molar-refractivity contribution in [1.29, 1.82) is 0 Å². The topological polar surface area (TPSA) is 53.4 Å². The van der Waals surface area contributed by atoms with Gasteiger partial charge in [-0.05, 0) is 44.2 Å². The Kier molecular flexibility index (Phi) is 5.22. The Morgan fingerprint density at radius 3 is 2.57 bits per heavy atom. The summed E-state index contributed by atoms with van der Waals surface area (Å²) >= 11 is 1.49. The van der Waals surface area contributed by atoms with Crippen LogP contribution in [-0.4, -0.2) is 34.0 Å². The molecule has 1 N–H and O–H groups in total. The lowest BCUT2D eigenvalue weighted by molar-refractivity contribution is 0.0767. The molecule has 2 aromatic rings. The number of aromatic hydroxyl groups is 1. The fourth-order valence-electron chi connectivity index (χ4n) is 1.95. The zero-order valence-electron chi connectivity index (χ0n) is 12.1. The lowest BCUT2D eigenvalue weighted by atomic mass is 10.3. The molecule has 1 amide bonds. The first-order chi connectivity index (χ1) is 10.1. The first-order valence-electron chi connectivity index (χ1n) is 6.86. The molecule has 1 heterocycles. The largest absolute Gasteiger partial charge is 0.508 e. The zero-order valence-corrected chi connectivity index (χ0v) is 12.9. The molecule has 0 radical (unpaired) electrons. The molecule has 0 saturated heterocycles. The molecule has 0 saturated carbocycles. The Morgan fingerprint density at radius 2 is 1.90 bits per heavy atom. The standard InChI is InChI=1S/C16H18N2O2S/c1-3-18(4-2)16(20)15-11-14(8-9-17-15)21-13-7-5-6-12(19)10-13/h5-11,19H,3-4H2,1-2H3. The first kappa shape index (κ1) is 15.4. The van der Waals surface area contributed by atoms with E-state index in [4.69, 9.17) is 0 Å². The molecule has 0 aliphatic rings. The Hall–Kier alpha value is -2.01. The number of aromatic nitrogens is 1. The van der Waals surface area contributed by atoms with Crippen molar-refractivity contribution >= 4 is 17.7 Å². The molecule has 2 rings (SSSR count). The molecule has 21 heavy (non-hydrogen) atoms. The monoisotopic (exact) mass is 302 g/mol. The Labute approximate surface area is 128 Å². The summed E-state index contributed by atoms with van der Waals surface area (Å²) < 4.78 is 0. The highest BCUT2D eigenvalue weighted by Crippen LogP contribution is 2.29. The molecule has 4 nitrogen and oxygen atoms in total. The Bertz CT molecular complexity index is 627. The van der Waals surface area contributed by atoms with Crippen molar-refractivity contribution in [3.63, 3.8) is 0 Å². The highest BCUT2D eigenvalue weighted by Gasteiger charge is 2.14. The molecule has 0 aliphatic carbocycles. The summed E-state index contributed by atoms with van der Waals surface area (Å²) in [5.74, 6) is 0.173. The molecule has 1 aromatic heterocycles. The number of carbonyl (C=O) groups excluding carboxylic acids is 1. The number of pyridine rings is 1. The number of nitrogens with zero attached hydrogens (tertiary/aromatic N) is 2. The third-order valence-electron chi connectivity index (χ3n) is 3.05. The molecule has 0 spiro atoms. The number of hydrogen-bond acceptors (Lipinski definition) is 4. The van der Waals surface area contributed by atoms with Gasteiger partial charge in [0.15, 0.2) is 0 Å². The SMILES string of the molecule is CCN(CC)C(=O)c1cc(Sc2cccc(O)c2)ccn1. The van der Waals surface area contributed by atoms with Crippen molar-refractivity contribution in [3.05, 3.63) is 48.3 Å². The maximum absolute atomic E-state index is 12.3. The number of phenolic OH excluding ortho intramolecular Hbond substituents is 1. The van der Waals surface area contributed by atoms with Crippen LogP contribution >= 0.6 is 11.8 Å². The fraction of sp³-hybridized carbons (Fsp3) is 0.250. The van der Waals surface area contributed by atoms with Crippen LogP contribution in [0.5, 0.6) is 5.75 Å².